The van der Waals surface area contributed by atoms with Crippen LogP contribution in [0.4, 0.5) is 5.69 Å². The minimum absolute atomic E-state index is 0.0357. The predicted octanol–water partition coefficient (Wildman–Crippen LogP) is 1.20. The third-order valence-corrected chi connectivity index (χ3v) is 2.47. The van der Waals surface area contributed by atoms with E-state index in [1.807, 2.05) is 12.1 Å². The summed E-state index contributed by atoms with van der Waals surface area (Å²) in [5.74, 6) is 0.645. The molecule has 1 saturated heterocycles. The standard InChI is InChI=1S/C12H16N2O3/c13-10-3-1-4-11(9-10)16-8-5-12(15)14-6-2-7-17-14/h1,3-4,9H,2,5-8,13H2. The number of anilines is 1. The van der Waals surface area contributed by atoms with Gasteiger partial charge in [-0.3, -0.25) is 9.63 Å². The molecule has 5 heteroatoms. The van der Waals surface area contributed by atoms with Gasteiger partial charge in [0.25, 0.3) is 0 Å². The summed E-state index contributed by atoms with van der Waals surface area (Å²) in [5, 5.41) is 1.41. The summed E-state index contributed by atoms with van der Waals surface area (Å²) in [7, 11) is 0. The highest BCUT2D eigenvalue weighted by atomic mass is 16.7. The van der Waals surface area contributed by atoms with Gasteiger partial charge >= 0.3 is 0 Å². The van der Waals surface area contributed by atoms with Crippen LogP contribution in [0.25, 0.3) is 0 Å². The minimum Gasteiger partial charge on any atom is -0.493 e. The van der Waals surface area contributed by atoms with Crippen molar-refractivity contribution in [3.63, 3.8) is 0 Å². The predicted molar refractivity (Wildman–Crippen MR) is 63.2 cm³/mol. The molecule has 0 radical (unpaired) electrons. The summed E-state index contributed by atoms with van der Waals surface area (Å²) in [5.41, 5.74) is 6.26. The second kappa shape index (κ2) is 5.54. The Morgan fingerprint density at radius 1 is 1.53 bits per heavy atom. The van der Waals surface area contributed by atoms with Crippen molar-refractivity contribution < 1.29 is 14.4 Å². The van der Waals surface area contributed by atoms with E-state index in [9.17, 15) is 4.79 Å². The van der Waals surface area contributed by atoms with Gasteiger partial charge in [-0.15, -0.1) is 0 Å². The van der Waals surface area contributed by atoms with Gasteiger partial charge in [-0.1, -0.05) is 6.07 Å². The van der Waals surface area contributed by atoms with E-state index in [1.54, 1.807) is 12.1 Å². The molecular formula is C12H16N2O3. The fraction of sp³-hybridized carbons (Fsp3) is 0.417. The van der Waals surface area contributed by atoms with Crippen LogP contribution in [0.2, 0.25) is 0 Å². The van der Waals surface area contributed by atoms with Crippen molar-refractivity contribution in [1.29, 1.82) is 0 Å². The van der Waals surface area contributed by atoms with Crippen LogP contribution in [0.5, 0.6) is 5.75 Å². The zero-order valence-electron chi connectivity index (χ0n) is 9.59. The fourth-order valence-electron chi connectivity index (χ4n) is 1.63. The number of nitrogens with zero attached hydrogens (tertiary/aromatic N) is 1. The van der Waals surface area contributed by atoms with E-state index < -0.39 is 0 Å². The summed E-state index contributed by atoms with van der Waals surface area (Å²) in [4.78, 5) is 16.7. The van der Waals surface area contributed by atoms with Crippen molar-refractivity contribution in [2.45, 2.75) is 12.8 Å². The molecule has 1 aliphatic rings. The van der Waals surface area contributed by atoms with Gasteiger partial charge in [-0.2, -0.15) is 0 Å². The Balaban J connectivity index is 1.73. The van der Waals surface area contributed by atoms with E-state index in [4.69, 9.17) is 15.3 Å². The molecule has 1 aromatic carbocycles. The Labute approximate surface area is 100 Å². The molecule has 1 heterocycles. The molecule has 1 amide bonds. The van der Waals surface area contributed by atoms with E-state index in [-0.39, 0.29) is 5.91 Å². The number of rotatable bonds is 4. The first-order chi connectivity index (χ1) is 8.25. The van der Waals surface area contributed by atoms with Crippen molar-refractivity contribution in [2.24, 2.45) is 0 Å². The van der Waals surface area contributed by atoms with Crippen LogP contribution in [-0.2, 0) is 9.63 Å². The van der Waals surface area contributed by atoms with Gasteiger partial charge in [0.05, 0.1) is 26.2 Å². The number of ether oxygens (including phenoxy) is 1. The van der Waals surface area contributed by atoms with Gasteiger partial charge in [-0.25, -0.2) is 5.06 Å². The average molecular weight is 236 g/mol. The molecule has 0 spiro atoms. The number of carbonyl (C=O) groups is 1. The molecule has 0 aromatic heterocycles. The lowest BCUT2D eigenvalue weighted by atomic mass is 10.3. The van der Waals surface area contributed by atoms with Crippen LogP contribution < -0.4 is 10.5 Å². The highest BCUT2D eigenvalue weighted by Crippen LogP contribution is 2.15. The largest absolute Gasteiger partial charge is 0.493 e. The summed E-state index contributed by atoms with van der Waals surface area (Å²) < 4.78 is 5.43. The maximum Gasteiger partial charge on any atom is 0.249 e. The van der Waals surface area contributed by atoms with Crippen molar-refractivity contribution in [3.05, 3.63) is 24.3 Å². The van der Waals surface area contributed by atoms with Gasteiger partial charge in [0, 0.05) is 11.8 Å². The molecule has 0 unspecified atom stereocenters. The van der Waals surface area contributed by atoms with Gasteiger partial charge < -0.3 is 10.5 Å². The molecule has 2 rings (SSSR count). The van der Waals surface area contributed by atoms with Crippen molar-refractivity contribution in [2.75, 3.05) is 25.5 Å². The van der Waals surface area contributed by atoms with Crippen molar-refractivity contribution in [3.8, 4) is 5.75 Å². The lowest BCUT2D eigenvalue weighted by Gasteiger charge is -2.13. The van der Waals surface area contributed by atoms with Crippen molar-refractivity contribution >= 4 is 11.6 Å². The maximum atomic E-state index is 11.6. The van der Waals surface area contributed by atoms with E-state index in [2.05, 4.69) is 0 Å². The molecule has 1 fully saturated rings. The number of hydroxylamine groups is 2. The highest BCUT2D eigenvalue weighted by molar-refractivity contribution is 5.75. The smallest absolute Gasteiger partial charge is 0.249 e. The summed E-state index contributed by atoms with van der Waals surface area (Å²) in [6.45, 7) is 1.64. The summed E-state index contributed by atoms with van der Waals surface area (Å²) >= 11 is 0. The molecule has 0 aliphatic carbocycles. The first-order valence-electron chi connectivity index (χ1n) is 5.67. The van der Waals surface area contributed by atoms with E-state index in [0.29, 0.717) is 37.6 Å². The van der Waals surface area contributed by atoms with Gasteiger partial charge in [0.2, 0.25) is 5.91 Å². The first-order valence-corrected chi connectivity index (χ1v) is 5.67. The molecule has 5 nitrogen and oxygen atoms in total. The zero-order chi connectivity index (χ0) is 12.1. The number of benzene rings is 1. The summed E-state index contributed by atoms with van der Waals surface area (Å²) in [6, 6.07) is 7.15. The first kappa shape index (κ1) is 11.7. The molecule has 1 aliphatic heterocycles. The Kier molecular flexibility index (Phi) is 3.82. The third-order valence-electron chi connectivity index (χ3n) is 2.47. The van der Waals surface area contributed by atoms with Crippen LogP contribution >= 0.6 is 0 Å². The molecule has 1 aromatic rings. The number of hydrogen-bond donors (Lipinski definition) is 1. The lowest BCUT2D eigenvalue weighted by molar-refractivity contribution is -0.169. The fourth-order valence-corrected chi connectivity index (χ4v) is 1.63. The van der Waals surface area contributed by atoms with Crippen molar-refractivity contribution in [1.82, 2.24) is 5.06 Å². The van der Waals surface area contributed by atoms with E-state index in [1.165, 1.54) is 5.06 Å². The van der Waals surface area contributed by atoms with Crippen LogP contribution in [-0.4, -0.2) is 30.7 Å². The Morgan fingerprint density at radius 3 is 3.12 bits per heavy atom. The average Bonchev–Trinajstić information content (AvgIpc) is 2.82. The van der Waals surface area contributed by atoms with Gasteiger partial charge in [0.15, 0.2) is 0 Å². The lowest BCUT2D eigenvalue weighted by Crippen LogP contribution is -2.27. The van der Waals surface area contributed by atoms with Gasteiger partial charge in [-0.05, 0) is 18.6 Å². The minimum atomic E-state index is -0.0357. The quantitative estimate of drug-likeness (QED) is 0.798. The maximum absolute atomic E-state index is 11.6. The number of amides is 1. The second-order valence-electron chi connectivity index (χ2n) is 3.85. The normalized spacial score (nSPS) is 14.9. The Bertz CT molecular complexity index is 389. The molecule has 0 atom stereocenters. The van der Waals surface area contributed by atoms with E-state index in [0.717, 1.165) is 6.42 Å². The second-order valence-corrected chi connectivity index (χ2v) is 3.85. The molecule has 2 N–H and O–H groups in total. The Hall–Kier alpha value is -1.75. The van der Waals surface area contributed by atoms with Crippen LogP contribution in [0.1, 0.15) is 12.8 Å². The van der Waals surface area contributed by atoms with Crippen LogP contribution in [0.3, 0.4) is 0 Å². The number of nitrogens with two attached hydrogens (primary N) is 1. The number of hydrogen-bond acceptors (Lipinski definition) is 4. The number of nitrogen functional groups attached to an aromatic ring is 1. The Morgan fingerprint density at radius 2 is 2.41 bits per heavy atom. The molecule has 0 saturated carbocycles. The SMILES string of the molecule is Nc1cccc(OCCC(=O)N2CCCO2)c1. The van der Waals surface area contributed by atoms with E-state index >= 15 is 0 Å². The summed E-state index contributed by atoms with van der Waals surface area (Å²) in [6.07, 6.45) is 1.22. The molecule has 0 bridgehead atoms. The monoisotopic (exact) mass is 236 g/mol. The highest BCUT2D eigenvalue weighted by Gasteiger charge is 2.18. The van der Waals surface area contributed by atoms with Gasteiger partial charge in [0.1, 0.15) is 5.75 Å². The molecule has 17 heavy (non-hydrogen) atoms. The topological polar surface area (TPSA) is 64.8 Å². The van der Waals surface area contributed by atoms with Crippen LogP contribution in [0.15, 0.2) is 24.3 Å². The zero-order valence-corrected chi connectivity index (χ0v) is 9.59. The molecular weight excluding hydrogens is 220 g/mol. The third kappa shape index (κ3) is 3.35. The van der Waals surface area contributed by atoms with Crippen LogP contribution in [0, 0.1) is 0 Å². The number of carbonyl (C=O) groups excluding carboxylic acids is 1. The molecule has 92 valence electrons.